The number of aromatic nitrogens is 1. The molecular weight excluding hydrogens is 494 g/mol. The van der Waals surface area contributed by atoms with E-state index in [1.165, 1.54) is 17.7 Å². The first-order valence-corrected chi connectivity index (χ1v) is 10.4. The Morgan fingerprint density at radius 2 is 1.61 bits per heavy atom. The van der Waals surface area contributed by atoms with Crippen molar-refractivity contribution in [1.82, 2.24) is 4.57 Å². The van der Waals surface area contributed by atoms with Crippen molar-refractivity contribution in [2.45, 2.75) is 25.9 Å². The number of pyridine rings is 1. The summed E-state index contributed by atoms with van der Waals surface area (Å²) in [6.07, 6.45) is 1.58. The van der Waals surface area contributed by atoms with Gasteiger partial charge in [0.1, 0.15) is 0 Å². The maximum Gasteiger partial charge on any atom is 0.416 e. The summed E-state index contributed by atoms with van der Waals surface area (Å²) >= 11 is 8.04. The van der Waals surface area contributed by atoms with E-state index in [0.29, 0.717) is 10.1 Å². The van der Waals surface area contributed by atoms with Crippen LogP contribution in [0.4, 0.5) is 13.2 Å². The lowest BCUT2D eigenvalue weighted by Gasteiger charge is -2.14. The van der Waals surface area contributed by atoms with E-state index in [-0.39, 0.29) is 0 Å². The average molecular weight is 513 g/mol. The van der Waals surface area contributed by atoms with Crippen molar-refractivity contribution >= 4 is 34.8 Å². The predicted molar refractivity (Wildman–Crippen MR) is 119 cm³/mol. The Kier molecular flexibility index (Phi) is 6.29. The number of hydrogen-bond donors (Lipinski definition) is 0. The number of hydrogen-bond acceptors (Lipinski definition) is 1. The Morgan fingerprint density at radius 3 is 2.18 bits per heavy atom. The molecule has 0 aliphatic rings. The fraction of sp³-hybridized carbons (Fsp3) is 0.227. The molecule has 1 nitrogen and oxygen atoms in total. The summed E-state index contributed by atoms with van der Waals surface area (Å²) in [5, 5.41) is 0. The van der Waals surface area contributed by atoms with Gasteiger partial charge in [0.15, 0.2) is 0 Å². The van der Waals surface area contributed by atoms with Gasteiger partial charge in [0.05, 0.1) is 10.1 Å². The molecule has 6 heteroatoms. The number of alkyl halides is 3. The summed E-state index contributed by atoms with van der Waals surface area (Å²) in [6.45, 7) is 2.15. The van der Waals surface area contributed by atoms with Gasteiger partial charge in [-0.3, -0.25) is 0 Å². The van der Waals surface area contributed by atoms with E-state index in [1.807, 2.05) is 24.0 Å². The van der Waals surface area contributed by atoms with Crippen molar-refractivity contribution < 1.29 is 13.2 Å². The average Bonchev–Trinajstić information content (AvgIpc) is 2.63. The molecule has 0 amide bonds. The number of nitrogens with zero attached hydrogens (tertiary/aromatic N) is 1. The van der Waals surface area contributed by atoms with Crippen molar-refractivity contribution in [2.75, 3.05) is 0 Å². The molecule has 0 spiro atoms. The first kappa shape index (κ1) is 21.0. The molecule has 0 saturated heterocycles. The summed E-state index contributed by atoms with van der Waals surface area (Å²) in [7, 11) is 1.89. The molecule has 146 valence electrons. The molecule has 2 aromatic carbocycles. The summed E-state index contributed by atoms with van der Waals surface area (Å²) in [5.41, 5.74) is 3.98. The van der Waals surface area contributed by atoms with Crippen molar-refractivity contribution in [2.24, 2.45) is 7.05 Å². The smallest absolute Gasteiger partial charge is 0.356 e. The summed E-state index contributed by atoms with van der Waals surface area (Å²) < 4.78 is 42.2. The van der Waals surface area contributed by atoms with Crippen LogP contribution in [0.1, 0.15) is 24.5 Å². The Bertz CT molecular complexity index is 1050. The molecule has 3 aromatic rings. The van der Waals surface area contributed by atoms with Crippen LogP contribution in [0.5, 0.6) is 0 Å². The quantitative estimate of drug-likeness (QED) is 0.256. The Labute approximate surface area is 181 Å². The van der Waals surface area contributed by atoms with E-state index in [9.17, 15) is 13.2 Å². The second-order valence-electron chi connectivity index (χ2n) is 6.72. The van der Waals surface area contributed by atoms with Crippen LogP contribution in [-0.4, -0.2) is 4.57 Å². The fourth-order valence-electron chi connectivity index (χ4n) is 3.16. The van der Waals surface area contributed by atoms with Gasteiger partial charge in [-0.15, -0.1) is 0 Å². The minimum atomic E-state index is -4.35. The normalized spacial score (nSPS) is 11.6. The van der Waals surface area contributed by atoms with Crippen LogP contribution in [0.3, 0.4) is 0 Å². The SMILES string of the molecule is CCCc1ccc(-c2cn(C)cc(-c3ccc(C(F)(F)F)cc3)c2=S)c(I)c1. The Morgan fingerprint density at radius 1 is 0.964 bits per heavy atom. The molecule has 0 fully saturated rings. The third-order valence-electron chi connectivity index (χ3n) is 4.54. The molecule has 1 heterocycles. The van der Waals surface area contributed by atoms with Crippen molar-refractivity contribution in [1.29, 1.82) is 0 Å². The van der Waals surface area contributed by atoms with Crippen molar-refractivity contribution in [3.05, 3.63) is 74.1 Å². The van der Waals surface area contributed by atoms with E-state index in [4.69, 9.17) is 12.2 Å². The monoisotopic (exact) mass is 513 g/mol. The first-order valence-electron chi connectivity index (χ1n) is 8.87. The molecule has 0 saturated carbocycles. The van der Waals surface area contributed by atoms with Crippen molar-refractivity contribution in [3.63, 3.8) is 0 Å². The molecule has 0 atom stereocenters. The van der Waals surface area contributed by atoms with Crippen LogP contribution < -0.4 is 0 Å². The lowest BCUT2D eigenvalue weighted by Crippen LogP contribution is -2.04. The van der Waals surface area contributed by atoms with Crippen LogP contribution in [0.15, 0.2) is 54.9 Å². The third-order valence-corrected chi connectivity index (χ3v) is 5.87. The molecule has 0 aliphatic carbocycles. The highest BCUT2D eigenvalue weighted by Crippen LogP contribution is 2.34. The largest absolute Gasteiger partial charge is 0.416 e. The van der Waals surface area contributed by atoms with Crippen LogP contribution >= 0.6 is 34.8 Å². The first-order chi connectivity index (χ1) is 13.2. The van der Waals surface area contributed by atoms with Gasteiger partial charge in [-0.05, 0) is 63.9 Å². The number of rotatable bonds is 4. The van der Waals surface area contributed by atoms with Crippen molar-refractivity contribution in [3.8, 4) is 22.3 Å². The fourth-order valence-corrected chi connectivity index (χ4v) is 4.37. The minimum absolute atomic E-state index is 0.638. The zero-order valence-electron chi connectivity index (χ0n) is 15.5. The van der Waals surface area contributed by atoms with Crippen LogP contribution in [0.2, 0.25) is 0 Å². The maximum atomic E-state index is 12.9. The topological polar surface area (TPSA) is 4.93 Å². The van der Waals surface area contributed by atoms with Gasteiger partial charge in [-0.25, -0.2) is 0 Å². The molecule has 0 aliphatic heterocycles. The second-order valence-corrected chi connectivity index (χ2v) is 8.29. The molecule has 3 rings (SSSR count). The zero-order valence-corrected chi connectivity index (χ0v) is 18.5. The third kappa shape index (κ3) is 4.49. The molecule has 0 bridgehead atoms. The van der Waals surface area contributed by atoms with E-state index in [1.54, 1.807) is 0 Å². The van der Waals surface area contributed by atoms with E-state index >= 15 is 0 Å². The van der Waals surface area contributed by atoms with Crippen LogP contribution in [0, 0.1) is 8.08 Å². The molecule has 1 aromatic heterocycles. The molecule has 0 unspecified atom stereocenters. The van der Waals surface area contributed by atoms with Gasteiger partial charge in [-0.2, -0.15) is 13.2 Å². The van der Waals surface area contributed by atoms with Gasteiger partial charge in [0.25, 0.3) is 0 Å². The molecule has 0 N–H and O–H groups in total. The van der Waals surface area contributed by atoms with E-state index in [0.717, 1.165) is 45.2 Å². The summed E-state index contributed by atoms with van der Waals surface area (Å²) in [6, 6.07) is 11.5. The van der Waals surface area contributed by atoms with E-state index in [2.05, 4.69) is 47.7 Å². The van der Waals surface area contributed by atoms with Gasteiger partial charge < -0.3 is 4.57 Å². The summed E-state index contributed by atoms with van der Waals surface area (Å²) in [4.78, 5) is 0. The van der Waals surface area contributed by atoms with Gasteiger partial charge in [0, 0.05) is 34.1 Å². The maximum absolute atomic E-state index is 12.9. The Balaban J connectivity index is 2.10. The van der Waals surface area contributed by atoms with Gasteiger partial charge >= 0.3 is 6.18 Å². The molecule has 28 heavy (non-hydrogen) atoms. The molecular formula is C22H19F3INS. The van der Waals surface area contributed by atoms with Crippen LogP contribution in [-0.2, 0) is 19.6 Å². The number of aryl methyl sites for hydroxylation is 2. The lowest BCUT2D eigenvalue weighted by molar-refractivity contribution is -0.137. The highest BCUT2D eigenvalue weighted by Gasteiger charge is 2.30. The van der Waals surface area contributed by atoms with Crippen LogP contribution in [0.25, 0.3) is 22.3 Å². The summed E-state index contributed by atoms with van der Waals surface area (Å²) in [5.74, 6) is 0. The minimum Gasteiger partial charge on any atom is -0.356 e. The van der Waals surface area contributed by atoms with Gasteiger partial charge in [0.2, 0.25) is 0 Å². The predicted octanol–water partition coefficient (Wildman–Crippen LogP) is 7.66. The zero-order chi connectivity index (χ0) is 20.5. The van der Waals surface area contributed by atoms with Gasteiger partial charge in [-0.1, -0.05) is 49.8 Å². The number of halogens is 4. The standard InChI is InChI=1S/C22H19F3INS/c1-3-4-14-5-10-17(20(26)11-14)19-13-27(2)12-18(21(19)28)15-6-8-16(9-7-15)22(23,24)25/h5-13H,3-4H2,1-2H3. The number of benzene rings is 2. The highest BCUT2D eigenvalue weighted by molar-refractivity contribution is 14.1. The van der Waals surface area contributed by atoms with E-state index < -0.39 is 11.7 Å². The molecule has 0 radical (unpaired) electrons. The Hall–Kier alpha value is -1.67. The lowest BCUT2D eigenvalue weighted by atomic mass is 9.99. The highest BCUT2D eigenvalue weighted by atomic mass is 127. The second kappa shape index (κ2) is 8.37.